The van der Waals surface area contributed by atoms with E-state index in [-0.39, 0.29) is 0 Å². The Kier molecular flexibility index (Phi) is 3.59. The number of aryl methyl sites for hydroxylation is 1. The summed E-state index contributed by atoms with van der Waals surface area (Å²) in [5.41, 5.74) is 2.55. The van der Waals surface area contributed by atoms with Gasteiger partial charge in [0.05, 0.1) is 13.3 Å². The maximum absolute atomic E-state index is 7.47. The number of ether oxygens (including phenoxy) is 1. The van der Waals surface area contributed by atoms with Gasteiger partial charge >= 0.3 is 0 Å². The van der Waals surface area contributed by atoms with Crippen molar-refractivity contribution in [2.75, 3.05) is 7.11 Å². The zero-order chi connectivity index (χ0) is 11.4. The molecule has 1 saturated carbocycles. The number of nitrogens with zero attached hydrogens (tertiary/aromatic N) is 1. The van der Waals surface area contributed by atoms with Gasteiger partial charge in [-0.15, -0.1) is 0 Å². The number of H-pyrrole nitrogens is 1. The fourth-order valence-electron chi connectivity index (χ4n) is 2.44. The van der Waals surface area contributed by atoms with Crippen LogP contribution in [0.2, 0.25) is 0 Å². The molecule has 2 rings (SSSR count). The van der Waals surface area contributed by atoms with E-state index in [1.54, 1.807) is 7.11 Å². The van der Waals surface area contributed by atoms with Crippen molar-refractivity contribution >= 4 is 5.90 Å². The summed E-state index contributed by atoms with van der Waals surface area (Å²) in [4.78, 5) is 0. The van der Waals surface area contributed by atoms with Gasteiger partial charge in [-0.05, 0) is 24.8 Å². The molecule has 1 aromatic rings. The Balaban J connectivity index is 1.98. The molecule has 0 aliphatic heterocycles. The van der Waals surface area contributed by atoms with Gasteiger partial charge in [0, 0.05) is 18.0 Å². The SMILES string of the molecule is COC(=N)CCc1cn[nH]c1C1CCCC1. The van der Waals surface area contributed by atoms with Crippen LogP contribution in [0, 0.1) is 5.41 Å². The molecule has 88 valence electrons. The van der Waals surface area contributed by atoms with Crippen LogP contribution in [0.3, 0.4) is 0 Å². The van der Waals surface area contributed by atoms with Crippen LogP contribution >= 0.6 is 0 Å². The van der Waals surface area contributed by atoms with Gasteiger partial charge in [0.15, 0.2) is 5.90 Å². The first kappa shape index (κ1) is 11.2. The average Bonchev–Trinajstić information content (AvgIpc) is 2.95. The Labute approximate surface area is 95.9 Å². The van der Waals surface area contributed by atoms with Gasteiger partial charge in [0.1, 0.15) is 0 Å². The second-order valence-corrected chi connectivity index (χ2v) is 4.42. The first-order valence-corrected chi connectivity index (χ1v) is 5.95. The lowest BCUT2D eigenvalue weighted by Gasteiger charge is -2.09. The third kappa shape index (κ3) is 2.43. The summed E-state index contributed by atoms with van der Waals surface area (Å²) < 4.78 is 4.87. The van der Waals surface area contributed by atoms with Gasteiger partial charge in [0.2, 0.25) is 0 Å². The van der Waals surface area contributed by atoms with Crippen LogP contribution in [0.5, 0.6) is 0 Å². The minimum Gasteiger partial charge on any atom is -0.484 e. The molecule has 0 aromatic carbocycles. The topological polar surface area (TPSA) is 61.8 Å². The van der Waals surface area contributed by atoms with Gasteiger partial charge < -0.3 is 4.74 Å². The third-order valence-electron chi connectivity index (χ3n) is 3.38. The lowest BCUT2D eigenvalue weighted by atomic mass is 9.98. The Bertz CT molecular complexity index is 353. The van der Waals surface area contributed by atoms with E-state index >= 15 is 0 Å². The second-order valence-electron chi connectivity index (χ2n) is 4.42. The fraction of sp³-hybridized carbons (Fsp3) is 0.667. The number of nitrogens with one attached hydrogen (secondary N) is 2. The Morgan fingerprint density at radius 1 is 1.56 bits per heavy atom. The summed E-state index contributed by atoms with van der Waals surface area (Å²) in [7, 11) is 1.55. The highest BCUT2D eigenvalue weighted by molar-refractivity contribution is 5.72. The van der Waals surface area contributed by atoms with Gasteiger partial charge in [-0.1, -0.05) is 12.8 Å². The third-order valence-corrected chi connectivity index (χ3v) is 3.38. The molecule has 1 fully saturated rings. The summed E-state index contributed by atoms with van der Waals surface area (Å²) in [6.45, 7) is 0. The molecule has 1 aliphatic carbocycles. The molecule has 0 bridgehead atoms. The first-order chi connectivity index (χ1) is 7.81. The lowest BCUT2D eigenvalue weighted by Crippen LogP contribution is -2.03. The molecular formula is C12H19N3O. The molecule has 1 aliphatic rings. The molecule has 0 spiro atoms. The van der Waals surface area contributed by atoms with Gasteiger partial charge in [0.25, 0.3) is 0 Å². The van der Waals surface area contributed by atoms with Crippen molar-refractivity contribution in [3.63, 3.8) is 0 Å². The van der Waals surface area contributed by atoms with Crippen molar-refractivity contribution < 1.29 is 4.74 Å². The monoisotopic (exact) mass is 221 g/mol. The summed E-state index contributed by atoms with van der Waals surface area (Å²) in [5, 5.41) is 14.7. The Morgan fingerprint density at radius 2 is 2.31 bits per heavy atom. The smallest absolute Gasteiger partial charge is 0.180 e. The van der Waals surface area contributed by atoms with E-state index in [9.17, 15) is 0 Å². The molecule has 0 atom stereocenters. The molecule has 2 N–H and O–H groups in total. The molecule has 1 aromatic heterocycles. The highest BCUT2D eigenvalue weighted by atomic mass is 16.5. The van der Waals surface area contributed by atoms with Crippen LogP contribution in [0.4, 0.5) is 0 Å². The zero-order valence-corrected chi connectivity index (χ0v) is 9.75. The van der Waals surface area contributed by atoms with Crippen LogP contribution in [0.1, 0.15) is 49.3 Å². The van der Waals surface area contributed by atoms with E-state index in [0.29, 0.717) is 18.2 Å². The summed E-state index contributed by atoms with van der Waals surface area (Å²) in [6.07, 6.45) is 8.63. The summed E-state index contributed by atoms with van der Waals surface area (Å²) >= 11 is 0. The molecule has 0 amide bonds. The molecule has 0 saturated heterocycles. The predicted molar refractivity (Wildman–Crippen MR) is 62.9 cm³/mol. The molecule has 4 heteroatoms. The van der Waals surface area contributed by atoms with E-state index in [1.165, 1.54) is 36.9 Å². The van der Waals surface area contributed by atoms with Crippen molar-refractivity contribution in [2.45, 2.75) is 44.4 Å². The number of aromatic amines is 1. The van der Waals surface area contributed by atoms with Crippen LogP contribution in [0.25, 0.3) is 0 Å². The van der Waals surface area contributed by atoms with Crippen molar-refractivity contribution in [1.82, 2.24) is 10.2 Å². The van der Waals surface area contributed by atoms with E-state index in [4.69, 9.17) is 10.1 Å². The molecule has 4 nitrogen and oxygen atoms in total. The predicted octanol–water partition coefficient (Wildman–Crippen LogP) is 2.62. The van der Waals surface area contributed by atoms with Crippen LogP contribution in [-0.4, -0.2) is 23.2 Å². The van der Waals surface area contributed by atoms with Gasteiger partial charge in [-0.3, -0.25) is 10.5 Å². The number of rotatable bonds is 4. The second kappa shape index (κ2) is 5.14. The number of hydrogen-bond donors (Lipinski definition) is 2. The summed E-state index contributed by atoms with van der Waals surface area (Å²) in [5.74, 6) is 1.01. The van der Waals surface area contributed by atoms with Crippen molar-refractivity contribution in [1.29, 1.82) is 5.41 Å². The maximum atomic E-state index is 7.47. The van der Waals surface area contributed by atoms with Crippen LogP contribution in [-0.2, 0) is 11.2 Å². The van der Waals surface area contributed by atoms with E-state index < -0.39 is 0 Å². The highest BCUT2D eigenvalue weighted by Gasteiger charge is 2.21. The minimum atomic E-state index is 0.346. The van der Waals surface area contributed by atoms with Crippen LogP contribution in [0.15, 0.2) is 6.20 Å². The average molecular weight is 221 g/mol. The Morgan fingerprint density at radius 3 is 3.00 bits per heavy atom. The quantitative estimate of drug-likeness (QED) is 0.606. The van der Waals surface area contributed by atoms with Gasteiger partial charge in [-0.2, -0.15) is 5.10 Å². The normalized spacial score (nSPS) is 16.6. The zero-order valence-electron chi connectivity index (χ0n) is 9.75. The number of aromatic nitrogens is 2. The van der Waals surface area contributed by atoms with E-state index in [2.05, 4.69) is 10.2 Å². The lowest BCUT2D eigenvalue weighted by molar-refractivity contribution is 0.386. The minimum absolute atomic E-state index is 0.346. The van der Waals surface area contributed by atoms with E-state index in [1.807, 2.05) is 6.20 Å². The number of hydrogen-bond acceptors (Lipinski definition) is 3. The van der Waals surface area contributed by atoms with E-state index in [0.717, 1.165) is 6.42 Å². The molecular weight excluding hydrogens is 202 g/mol. The first-order valence-electron chi connectivity index (χ1n) is 5.95. The summed E-state index contributed by atoms with van der Waals surface area (Å²) in [6, 6.07) is 0. The molecule has 0 radical (unpaired) electrons. The molecule has 0 unspecified atom stereocenters. The largest absolute Gasteiger partial charge is 0.484 e. The van der Waals surface area contributed by atoms with Crippen molar-refractivity contribution in [2.24, 2.45) is 0 Å². The molecule has 16 heavy (non-hydrogen) atoms. The molecule has 1 heterocycles. The van der Waals surface area contributed by atoms with Crippen LogP contribution < -0.4 is 0 Å². The Hall–Kier alpha value is -1.32. The van der Waals surface area contributed by atoms with Crippen molar-refractivity contribution in [3.05, 3.63) is 17.5 Å². The van der Waals surface area contributed by atoms with Crippen molar-refractivity contribution in [3.8, 4) is 0 Å². The number of methoxy groups -OCH3 is 1. The standard InChI is InChI=1S/C12H19N3O/c1-16-11(13)7-6-10-8-14-15-12(10)9-4-2-3-5-9/h8-9,13H,2-7H2,1H3,(H,14,15). The highest BCUT2D eigenvalue weighted by Crippen LogP contribution is 2.34. The fourth-order valence-corrected chi connectivity index (χ4v) is 2.44. The maximum Gasteiger partial charge on any atom is 0.180 e. The van der Waals surface area contributed by atoms with Gasteiger partial charge in [-0.25, -0.2) is 0 Å².